The van der Waals surface area contributed by atoms with E-state index in [-0.39, 0.29) is 0 Å². The second-order valence-electron chi connectivity index (χ2n) is 8.27. The molecule has 0 spiro atoms. The quantitative estimate of drug-likeness (QED) is 0.144. The van der Waals surface area contributed by atoms with E-state index < -0.39 is 12.1 Å². The monoisotopic (exact) mass is 528 g/mol. The maximum atomic E-state index is 10.1. The third kappa shape index (κ3) is 5.59. The standard InChI is InChI=1S/C30H20N6S2/c1-33-21-12-14-22(20(16-21)18-32)29(35-24-7-3-5-9-27(24)37)30(36-25-8-4-6-10-28(25)38)23-13-11-19(17-31)15-26(23)34-2/h3-16,29-30,35-38H. The van der Waals surface area contributed by atoms with Crippen LogP contribution < -0.4 is 10.6 Å². The van der Waals surface area contributed by atoms with Crippen molar-refractivity contribution in [3.63, 3.8) is 0 Å². The first-order valence-electron chi connectivity index (χ1n) is 11.4. The summed E-state index contributed by atoms with van der Waals surface area (Å²) in [6, 6.07) is 28.1. The Bertz CT molecular complexity index is 1550. The zero-order chi connectivity index (χ0) is 27.1. The van der Waals surface area contributed by atoms with E-state index in [0.717, 1.165) is 11.4 Å². The molecule has 0 bridgehead atoms. The van der Waals surface area contributed by atoms with Crippen molar-refractivity contribution in [1.29, 1.82) is 10.5 Å². The molecule has 0 amide bonds. The van der Waals surface area contributed by atoms with E-state index in [2.05, 4.69) is 57.7 Å². The summed E-state index contributed by atoms with van der Waals surface area (Å²) in [7, 11) is 0. The lowest BCUT2D eigenvalue weighted by molar-refractivity contribution is 0.647. The van der Waals surface area contributed by atoms with Gasteiger partial charge in [0.05, 0.1) is 37.4 Å². The van der Waals surface area contributed by atoms with E-state index in [9.17, 15) is 10.5 Å². The molecule has 182 valence electrons. The Hall–Kier alpha value is -4.86. The van der Waals surface area contributed by atoms with Crippen LogP contribution in [0.4, 0.5) is 22.7 Å². The van der Waals surface area contributed by atoms with Gasteiger partial charge in [-0.3, -0.25) is 0 Å². The summed E-state index contributed by atoms with van der Waals surface area (Å²) in [5.41, 5.74) is 4.07. The summed E-state index contributed by atoms with van der Waals surface area (Å²) in [6.07, 6.45) is 0. The number of hydrogen-bond acceptors (Lipinski definition) is 6. The van der Waals surface area contributed by atoms with Crippen LogP contribution in [0, 0.1) is 35.8 Å². The number of thiol groups is 2. The lowest BCUT2D eigenvalue weighted by Gasteiger charge is -2.33. The maximum absolute atomic E-state index is 10.1. The van der Waals surface area contributed by atoms with Gasteiger partial charge < -0.3 is 10.6 Å². The minimum absolute atomic E-state index is 0.306. The fourth-order valence-corrected chi connectivity index (χ4v) is 4.61. The Morgan fingerprint density at radius 1 is 0.684 bits per heavy atom. The molecular formula is C30H20N6S2. The SMILES string of the molecule is [C-]#[N+]c1ccc(C(Nc2ccccc2S)C(Nc2ccccc2S)c2ccc(C#N)cc2[N+]#[C-])c(C#N)c1. The van der Waals surface area contributed by atoms with Gasteiger partial charge in [0.1, 0.15) is 0 Å². The predicted octanol–water partition coefficient (Wildman–Crippen LogP) is 8.12. The van der Waals surface area contributed by atoms with Gasteiger partial charge >= 0.3 is 0 Å². The molecule has 0 heterocycles. The van der Waals surface area contributed by atoms with Crippen LogP contribution in [0.2, 0.25) is 0 Å². The first kappa shape index (κ1) is 26.2. The first-order valence-corrected chi connectivity index (χ1v) is 12.3. The van der Waals surface area contributed by atoms with Crippen molar-refractivity contribution in [3.8, 4) is 12.1 Å². The number of nitrogens with one attached hydrogen (secondary N) is 2. The van der Waals surface area contributed by atoms with Gasteiger partial charge in [-0.2, -0.15) is 10.5 Å². The molecule has 2 N–H and O–H groups in total. The van der Waals surface area contributed by atoms with Crippen LogP contribution in [0.15, 0.2) is 94.7 Å². The molecule has 4 aromatic carbocycles. The number of benzene rings is 4. The minimum Gasteiger partial charge on any atom is -0.376 e. The largest absolute Gasteiger partial charge is 0.376 e. The van der Waals surface area contributed by atoms with Crippen LogP contribution in [0.1, 0.15) is 34.3 Å². The summed E-state index contributed by atoms with van der Waals surface area (Å²) >= 11 is 9.23. The van der Waals surface area contributed by atoms with Gasteiger partial charge in [0.25, 0.3) is 0 Å². The highest BCUT2D eigenvalue weighted by atomic mass is 32.1. The van der Waals surface area contributed by atoms with Crippen molar-refractivity contribution in [2.45, 2.75) is 21.9 Å². The van der Waals surface area contributed by atoms with E-state index in [0.29, 0.717) is 43.4 Å². The molecule has 8 heteroatoms. The van der Waals surface area contributed by atoms with Gasteiger partial charge in [0.15, 0.2) is 11.4 Å². The van der Waals surface area contributed by atoms with Crippen LogP contribution in [0.5, 0.6) is 0 Å². The maximum Gasteiger partial charge on any atom is 0.193 e. The molecule has 0 aliphatic carbocycles. The van der Waals surface area contributed by atoms with Gasteiger partial charge in [0, 0.05) is 32.3 Å². The second-order valence-corrected chi connectivity index (χ2v) is 9.23. The summed E-state index contributed by atoms with van der Waals surface area (Å²) in [5, 5.41) is 26.5. The summed E-state index contributed by atoms with van der Waals surface area (Å²) in [4.78, 5) is 8.61. The molecular weight excluding hydrogens is 509 g/mol. The van der Waals surface area contributed by atoms with E-state index in [1.807, 2.05) is 48.5 Å². The number of nitrogens with zero attached hydrogens (tertiary/aromatic N) is 4. The molecule has 0 radical (unpaired) electrons. The Morgan fingerprint density at radius 3 is 1.79 bits per heavy atom. The average molecular weight is 529 g/mol. The number of para-hydroxylation sites is 2. The Balaban J connectivity index is 1.99. The average Bonchev–Trinajstić information content (AvgIpc) is 2.96. The van der Waals surface area contributed by atoms with Gasteiger partial charge in [-0.05, 0) is 53.6 Å². The van der Waals surface area contributed by atoms with Crippen LogP contribution in [-0.4, -0.2) is 0 Å². The molecule has 0 saturated heterocycles. The third-order valence-electron chi connectivity index (χ3n) is 6.00. The first-order chi connectivity index (χ1) is 18.5. The predicted molar refractivity (Wildman–Crippen MR) is 155 cm³/mol. The van der Waals surface area contributed by atoms with Crippen LogP contribution >= 0.6 is 25.3 Å². The van der Waals surface area contributed by atoms with E-state index in [1.165, 1.54) is 0 Å². The molecule has 2 atom stereocenters. The van der Waals surface area contributed by atoms with E-state index in [4.69, 9.17) is 13.1 Å². The zero-order valence-corrected chi connectivity index (χ0v) is 21.7. The Morgan fingerprint density at radius 2 is 1.26 bits per heavy atom. The molecule has 4 rings (SSSR count). The normalized spacial score (nSPS) is 11.6. The molecule has 0 fully saturated rings. The Labute approximate surface area is 232 Å². The van der Waals surface area contributed by atoms with Crippen LogP contribution in [-0.2, 0) is 0 Å². The van der Waals surface area contributed by atoms with Crippen molar-refractivity contribution in [2.24, 2.45) is 0 Å². The van der Waals surface area contributed by atoms with Crippen molar-refractivity contribution in [3.05, 3.63) is 130 Å². The number of hydrogen-bond donors (Lipinski definition) is 4. The molecule has 4 aromatic rings. The highest BCUT2D eigenvalue weighted by molar-refractivity contribution is 7.80. The lowest BCUT2D eigenvalue weighted by Crippen LogP contribution is -2.27. The minimum atomic E-state index is -0.598. The smallest absolute Gasteiger partial charge is 0.193 e. The molecule has 0 aliphatic rings. The fraction of sp³-hybridized carbons (Fsp3) is 0.0667. The van der Waals surface area contributed by atoms with E-state index in [1.54, 1.807) is 36.4 Å². The van der Waals surface area contributed by atoms with Crippen molar-refractivity contribution in [2.75, 3.05) is 10.6 Å². The Kier molecular flexibility index (Phi) is 8.22. The van der Waals surface area contributed by atoms with Gasteiger partial charge in [-0.15, -0.1) is 25.3 Å². The topological polar surface area (TPSA) is 80.4 Å². The van der Waals surface area contributed by atoms with Gasteiger partial charge in [-0.1, -0.05) is 42.5 Å². The zero-order valence-electron chi connectivity index (χ0n) is 19.9. The molecule has 38 heavy (non-hydrogen) atoms. The molecule has 0 saturated carbocycles. The van der Waals surface area contributed by atoms with Crippen molar-refractivity contribution in [1.82, 2.24) is 0 Å². The molecule has 6 nitrogen and oxygen atoms in total. The molecule has 2 unspecified atom stereocenters. The highest BCUT2D eigenvalue weighted by Crippen LogP contribution is 2.42. The number of rotatable bonds is 7. The third-order valence-corrected chi connectivity index (χ3v) is 6.78. The van der Waals surface area contributed by atoms with Gasteiger partial charge in [-0.25, -0.2) is 9.69 Å². The fourth-order valence-electron chi connectivity index (χ4n) is 4.16. The van der Waals surface area contributed by atoms with E-state index >= 15 is 0 Å². The number of nitriles is 2. The van der Waals surface area contributed by atoms with Crippen molar-refractivity contribution < 1.29 is 0 Å². The summed E-state index contributed by atoms with van der Waals surface area (Å²) in [6.45, 7) is 15.3. The number of anilines is 2. The lowest BCUT2D eigenvalue weighted by atomic mass is 9.88. The van der Waals surface area contributed by atoms with Crippen LogP contribution in [0.3, 0.4) is 0 Å². The molecule has 0 aliphatic heterocycles. The molecule has 0 aromatic heterocycles. The second kappa shape index (κ2) is 11.9. The van der Waals surface area contributed by atoms with Crippen LogP contribution in [0.25, 0.3) is 9.69 Å². The summed E-state index contributed by atoms with van der Waals surface area (Å²) in [5.74, 6) is 0. The highest BCUT2D eigenvalue weighted by Gasteiger charge is 2.30. The summed E-state index contributed by atoms with van der Waals surface area (Å²) < 4.78 is 0. The van der Waals surface area contributed by atoms with Crippen molar-refractivity contribution >= 4 is 48.0 Å². The van der Waals surface area contributed by atoms with Gasteiger partial charge in [0.2, 0.25) is 0 Å².